The molecule has 1 saturated heterocycles. The molecule has 2 atom stereocenters. The van der Waals surface area contributed by atoms with E-state index in [0.717, 1.165) is 0 Å². The number of nitrogens with two attached hydrogens (primary N) is 1. The van der Waals surface area contributed by atoms with E-state index in [0.29, 0.717) is 19.0 Å². The van der Waals surface area contributed by atoms with Gasteiger partial charge in [-0.1, -0.05) is 0 Å². The highest BCUT2D eigenvalue weighted by Gasteiger charge is 2.44. The first-order chi connectivity index (χ1) is 8.43. The maximum Gasteiger partial charge on any atom is 0.235 e. The second-order valence-electron chi connectivity index (χ2n) is 5.27. The average molecular weight is 252 g/mol. The summed E-state index contributed by atoms with van der Waals surface area (Å²) in [5.74, 6) is 0.413. The third-order valence-electron chi connectivity index (χ3n) is 3.42. The van der Waals surface area contributed by atoms with Gasteiger partial charge in [0, 0.05) is 24.3 Å². The van der Waals surface area contributed by atoms with Crippen LogP contribution in [0.4, 0.5) is 5.82 Å². The highest BCUT2D eigenvalue weighted by molar-refractivity contribution is 5.95. The number of hydrogen-bond acceptors (Lipinski definition) is 4. The van der Waals surface area contributed by atoms with Crippen LogP contribution in [0.3, 0.4) is 0 Å². The topological polar surface area (TPSA) is 82.2 Å². The summed E-state index contributed by atoms with van der Waals surface area (Å²) in [6, 6.07) is 1.77. The van der Waals surface area contributed by atoms with E-state index in [4.69, 9.17) is 10.5 Å². The number of amides is 1. The molecule has 1 fully saturated rings. The first-order valence-corrected chi connectivity index (χ1v) is 6.13. The molecule has 100 valence electrons. The molecule has 0 aromatic carbocycles. The zero-order valence-corrected chi connectivity index (χ0v) is 11.0. The molecule has 1 aromatic heterocycles. The van der Waals surface area contributed by atoms with Gasteiger partial charge in [-0.05, 0) is 20.8 Å². The van der Waals surface area contributed by atoms with E-state index >= 15 is 0 Å². The van der Waals surface area contributed by atoms with Gasteiger partial charge in [-0.15, -0.1) is 0 Å². The molecule has 6 nitrogen and oxygen atoms in total. The molecule has 2 unspecified atom stereocenters. The van der Waals surface area contributed by atoms with Gasteiger partial charge in [-0.3, -0.25) is 9.48 Å². The number of carbonyl (C=O) groups is 1. The summed E-state index contributed by atoms with van der Waals surface area (Å²) in [4.78, 5) is 12.2. The van der Waals surface area contributed by atoms with E-state index in [2.05, 4.69) is 10.4 Å². The molecule has 0 aliphatic carbocycles. The second-order valence-corrected chi connectivity index (χ2v) is 5.27. The van der Waals surface area contributed by atoms with Gasteiger partial charge in [0.15, 0.2) is 5.82 Å². The lowest BCUT2D eigenvalue weighted by Crippen LogP contribution is -2.47. The van der Waals surface area contributed by atoms with Gasteiger partial charge in [0.25, 0.3) is 0 Å². The Labute approximate surface area is 106 Å². The Morgan fingerprint density at radius 3 is 2.94 bits per heavy atom. The summed E-state index contributed by atoms with van der Waals surface area (Å²) in [6.07, 6.45) is 1.84. The lowest BCUT2D eigenvalue weighted by Gasteiger charge is -2.24. The van der Waals surface area contributed by atoms with Crippen molar-refractivity contribution in [1.82, 2.24) is 9.78 Å². The number of carbonyl (C=O) groups excluding carboxylic acids is 1. The van der Waals surface area contributed by atoms with Gasteiger partial charge in [-0.25, -0.2) is 0 Å². The van der Waals surface area contributed by atoms with Crippen LogP contribution >= 0.6 is 0 Å². The van der Waals surface area contributed by atoms with Crippen LogP contribution < -0.4 is 11.1 Å². The molecule has 3 N–H and O–H groups in total. The van der Waals surface area contributed by atoms with E-state index in [1.54, 1.807) is 10.7 Å². The largest absolute Gasteiger partial charge is 0.379 e. The number of anilines is 1. The smallest absolute Gasteiger partial charge is 0.235 e. The Kier molecular flexibility index (Phi) is 3.41. The van der Waals surface area contributed by atoms with Crippen molar-refractivity contribution in [1.29, 1.82) is 0 Å². The van der Waals surface area contributed by atoms with Crippen LogP contribution in [0.5, 0.6) is 0 Å². The number of nitrogens with zero attached hydrogens (tertiary/aromatic N) is 2. The summed E-state index contributed by atoms with van der Waals surface area (Å²) in [7, 11) is 0. The lowest BCUT2D eigenvalue weighted by atomic mass is 9.85. The Bertz CT molecular complexity index is 443. The highest BCUT2D eigenvalue weighted by Crippen LogP contribution is 2.28. The maximum atomic E-state index is 12.2. The van der Waals surface area contributed by atoms with Crippen molar-refractivity contribution in [2.75, 3.05) is 18.5 Å². The van der Waals surface area contributed by atoms with Gasteiger partial charge in [0.2, 0.25) is 5.91 Å². The summed E-state index contributed by atoms with van der Waals surface area (Å²) in [5.41, 5.74) is 5.23. The quantitative estimate of drug-likeness (QED) is 0.832. The highest BCUT2D eigenvalue weighted by atomic mass is 16.5. The van der Waals surface area contributed by atoms with Crippen molar-refractivity contribution >= 4 is 11.7 Å². The Morgan fingerprint density at radius 1 is 1.72 bits per heavy atom. The summed E-state index contributed by atoms with van der Waals surface area (Å²) in [5, 5.41) is 7.08. The SMILES string of the molecule is CC(C)n1ccc(NC(=O)C2(C)COCC2N)n1. The van der Waals surface area contributed by atoms with Crippen LogP contribution in [0.1, 0.15) is 26.8 Å². The van der Waals surface area contributed by atoms with Gasteiger partial charge < -0.3 is 15.8 Å². The Balaban J connectivity index is 2.06. The minimum atomic E-state index is -0.679. The van der Waals surface area contributed by atoms with E-state index in [9.17, 15) is 4.79 Å². The first-order valence-electron chi connectivity index (χ1n) is 6.13. The Hall–Kier alpha value is -1.40. The van der Waals surface area contributed by atoms with Crippen molar-refractivity contribution < 1.29 is 9.53 Å². The number of ether oxygens (including phenoxy) is 1. The molecule has 2 heterocycles. The summed E-state index contributed by atoms with van der Waals surface area (Å²) >= 11 is 0. The zero-order chi connectivity index (χ0) is 13.3. The molecule has 0 saturated carbocycles. The van der Waals surface area contributed by atoms with Crippen LogP contribution in [0.2, 0.25) is 0 Å². The normalized spacial score (nSPS) is 27.7. The predicted octanol–water partition coefficient (Wildman–Crippen LogP) is 0.766. The minimum Gasteiger partial charge on any atom is -0.379 e. The van der Waals surface area contributed by atoms with E-state index in [1.807, 2.05) is 27.0 Å². The van der Waals surface area contributed by atoms with Crippen LogP contribution in [0, 0.1) is 5.41 Å². The Morgan fingerprint density at radius 2 is 2.44 bits per heavy atom. The van der Waals surface area contributed by atoms with E-state index in [-0.39, 0.29) is 18.0 Å². The van der Waals surface area contributed by atoms with Crippen molar-refractivity contribution in [2.45, 2.75) is 32.9 Å². The fourth-order valence-corrected chi connectivity index (χ4v) is 1.87. The van der Waals surface area contributed by atoms with Crippen molar-refractivity contribution in [3.05, 3.63) is 12.3 Å². The van der Waals surface area contributed by atoms with Crippen molar-refractivity contribution in [3.8, 4) is 0 Å². The molecule has 0 radical (unpaired) electrons. The summed E-state index contributed by atoms with van der Waals surface area (Å²) < 4.78 is 7.06. The first kappa shape index (κ1) is 13.0. The molecule has 18 heavy (non-hydrogen) atoms. The molecule has 2 rings (SSSR count). The standard InChI is InChI=1S/C12H20N4O2/c1-8(2)16-5-4-10(15-16)14-11(17)12(3)7-18-6-9(12)13/h4-5,8-9H,6-7,13H2,1-3H3,(H,14,15,17). The number of rotatable bonds is 3. The van der Waals surface area contributed by atoms with Crippen molar-refractivity contribution in [2.24, 2.45) is 11.1 Å². The molecule has 0 bridgehead atoms. The third-order valence-corrected chi connectivity index (χ3v) is 3.42. The fourth-order valence-electron chi connectivity index (χ4n) is 1.87. The van der Waals surface area contributed by atoms with Gasteiger partial charge in [-0.2, -0.15) is 5.10 Å². The average Bonchev–Trinajstić information content (AvgIpc) is 2.88. The molecule has 1 aliphatic heterocycles. The predicted molar refractivity (Wildman–Crippen MR) is 68.1 cm³/mol. The molecular formula is C12H20N4O2. The zero-order valence-electron chi connectivity index (χ0n) is 11.0. The second kappa shape index (κ2) is 4.70. The van der Waals surface area contributed by atoms with Gasteiger partial charge in [0.05, 0.1) is 18.6 Å². The minimum absolute atomic E-state index is 0.137. The third kappa shape index (κ3) is 2.26. The fraction of sp³-hybridized carbons (Fsp3) is 0.667. The summed E-state index contributed by atoms with van der Waals surface area (Å²) in [6.45, 7) is 6.65. The molecule has 1 aromatic rings. The maximum absolute atomic E-state index is 12.2. The van der Waals surface area contributed by atoms with Crippen molar-refractivity contribution in [3.63, 3.8) is 0 Å². The molecule has 1 aliphatic rings. The van der Waals surface area contributed by atoms with E-state index < -0.39 is 5.41 Å². The molecule has 6 heteroatoms. The molecule has 1 amide bonds. The molecular weight excluding hydrogens is 232 g/mol. The number of aromatic nitrogens is 2. The van der Waals surface area contributed by atoms with Crippen LogP contribution in [-0.2, 0) is 9.53 Å². The van der Waals surface area contributed by atoms with Crippen LogP contribution in [0.25, 0.3) is 0 Å². The number of hydrogen-bond donors (Lipinski definition) is 2. The monoisotopic (exact) mass is 252 g/mol. The molecule has 0 spiro atoms. The van der Waals surface area contributed by atoms with Crippen LogP contribution in [0.15, 0.2) is 12.3 Å². The van der Waals surface area contributed by atoms with Gasteiger partial charge in [0.1, 0.15) is 0 Å². The lowest BCUT2D eigenvalue weighted by molar-refractivity contribution is -0.125. The van der Waals surface area contributed by atoms with Crippen LogP contribution in [-0.4, -0.2) is 34.9 Å². The number of nitrogens with one attached hydrogen (secondary N) is 1. The van der Waals surface area contributed by atoms with E-state index in [1.165, 1.54) is 0 Å². The van der Waals surface area contributed by atoms with Gasteiger partial charge >= 0.3 is 0 Å².